The van der Waals surface area contributed by atoms with Crippen molar-refractivity contribution in [1.29, 1.82) is 0 Å². The van der Waals surface area contributed by atoms with Crippen molar-refractivity contribution in [3.8, 4) is 0 Å². The molecule has 1 aliphatic heterocycles. The third kappa shape index (κ3) is 3.55. The van der Waals surface area contributed by atoms with Crippen molar-refractivity contribution in [3.05, 3.63) is 22.7 Å². The van der Waals surface area contributed by atoms with Crippen LogP contribution in [0.4, 0.5) is 5.69 Å². The van der Waals surface area contributed by atoms with Gasteiger partial charge in [0.2, 0.25) is 10.0 Å². The molecule has 1 heterocycles. The van der Waals surface area contributed by atoms with Crippen LogP contribution in [-0.4, -0.2) is 50.8 Å². The fourth-order valence-electron chi connectivity index (χ4n) is 2.06. The summed E-state index contributed by atoms with van der Waals surface area (Å²) in [6.45, 7) is 0.153. The summed E-state index contributed by atoms with van der Waals surface area (Å²) in [5.74, 6) is 0.788. The van der Waals surface area contributed by atoms with Crippen molar-refractivity contribution < 1.29 is 16.8 Å². The number of sulfone groups is 1. The predicted molar refractivity (Wildman–Crippen MR) is 88.4 cm³/mol. The largest absolute Gasteiger partial charge is 0.398 e. The van der Waals surface area contributed by atoms with Crippen LogP contribution in [0.25, 0.3) is 0 Å². The Bertz CT molecular complexity index is 749. The number of nitrogen functional groups attached to an aromatic ring is 1. The van der Waals surface area contributed by atoms with Crippen LogP contribution < -0.4 is 5.73 Å². The highest BCUT2D eigenvalue weighted by atomic mass is 79.9. The third-order valence-corrected chi connectivity index (χ3v) is 8.34. The maximum Gasteiger partial charge on any atom is 0.246 e. The Hall–Kier alpha value is -0.290. The first-order valence-corrected chi connectivity index (χ1v) is 11.3. The highest BCUT2D eigenvalue weighted by molar-refractivity contribution is 9.10. The standard InChI is InChI=1S/C11H15BrN2O4S3/c1-20(15,16)11-7-19-5-4-14(11)21(17,18)10-3-2-8(12)6-9(10)13/h2-3,6,11H,4-5,7,13H2,1H3. The summed E-state index contributed by atoms with van der Waals surface area (Å²) in [5, 5.41) is -1.05. The van der Waals surface area contributed by atoms with Crippen LogP contribution in [-0.2, 0) is 19.9 Å². The van der Waals surface area contributed by atoms with Crippen LogP contribution in [0.15, 0.2) is 27.6 Å². The molecule has 1 aromatic carbocycles. The highest BCUT2D eigenvalue weighted by Crippen LogP contribution is 2.31. The molecule has 10 heteroatoms. The van der Waals surface area contributed by atoms with Gasteiger partial charge in [0, 0.05) is 28.8 Å². The molecule has 1 aliphatic rings. The fraction of sp³-hybridized carbons (Fsp3) is 0.455. The van der Waals surface area contributed by atoms with E-state index in [1.165, 1.54) is 23.9 Å². The van der Waals surface area contributed by atoms with Gasteiger partial charge in [0.1, 0.15) is 10.3 Å². The number of benzene rings is 1. The van der Waals surface area contributed by atoms with E-state index in [4.69, 9.17) is 5.73 Å². The molecule has 1 unspecified atom stereocenters. The van der Waals surface area contributed by atoms with Gasteiger partial charge >= 0.3 is 0 Å². The number of nitrogens with zero attached hydrogens (tertiary/aromatic N) is 1. The highest BCUT2D eigenvalue weighted by Gasteiger charge is 2.40. The van der Waals surface area contributed by atoms with Gasteiger partial charge in [0.05, 0.1) is 5.69 Å². The molecule has 0 bridgehead atoms. The lowest BCUT2D eigenvalue weighted by Crippen LogP contribution is -2.49. The van der Waals surface area contributed by atoms with Crippen molar-refractivity contribution >= 4 is 53.2 Å². The Morgan fingerprint density at radius 1 is 1.33 bits per heavy atom. The maximum atomic E-state index is 12.7. The Kier molecular flexibility index (Phi) is 4.94. The van der Waals surface area contributed by atoms with Gasteiger partial charge < -0.3 is 5.73 Å². The van der Waals surface area contributed by atoms with E-state index in [2.05, 4.69) is 15.9 Å². The van der Waals surface area contributed by atoms with E-state index in [1.54, 1.807) is 6.07 Å². The molecule has 1 aromatic rings. The Labute approximate surface area is 137 Å². The lowest BCUT2D eigenvalue weighted by molar-refractivity contribution is 0.405. The topological polar surface area (TPSA) is 97.5 Å². The first-order valence-electron chi connectivity index (χ1n) is 5.97. The molecule has 0 radical (unpaired) electrons. The summed E-state index contributed by atoms with van der Waals surface area (Å²) >= 11 is 4.64. The summed E-state index contributed by atoms with van der Waals surface area (Å²) in [6, 6.07) is 4.44. The van der Waals surface area contributed by atoms with Gasteiger partial charge in [-0.05, 0) is 18.2 Å². The molecule has 0 aromatic heterocycles. The monoisotopic (exact) mass is 414 g/mol. The SMILES string of the molecule is CS(=O)(=O)C1CSCCN1S(=O)(=O)c1ccc(Br)cc1N. The molecule has 1 saturated heterocycles. The van der Waals surface area contributed by atoms with Crippen molar-refractivity contribution in [2.24, 2.45) is 0 Å². The molecule has 1 atom stereocenters. The van der Waals surface area contributed by atoms with Crippen molar-refractivity contribution in [2.45, 2.75) is 10.3 Å². The molecule has 21 heavy (non-hydrogen) atoms. The number of anilines is 1. The quantitative estimate of drug-likeness (QED) is 0.744. The minimum atomic E-state index is -3.95. The first-order chi connectivity index (χ1) is 9.64. The lowest BCUT2D eigenvalue weighted by atomic mass is 10.3. The first kappa shape index (κ1) is 17.1. The Morgan fingerprint density at radius 3 is 2.57 bits per heavy atom. The molecule has 1 fully saturated rings. The Balaban J connectivity index is 2.51. The number of sulfonamides is 1. The van der Waals surface area contributed by atoms with Crippen molar-refractivity contribution in [1.82, 2.24) is 4.31 Å². The minimum Gasteiger partial charge on any atom is -0.398 e. The van der Waals surface area contributed by atoms with Gasteiger partial charge in [-0.2, -0.15) is 16.1 Å². The zero-order valence-electron chi connectivity index (χ0n) is 11.2. The molecular weight excluding hydrogens is 400 g/mol. The average Bonchev–Trinajstić information content (AvgIpc) is 2.37. The molecule has 2 N–H and O–H groups in total. The summed E-state index contributed by atoms with van der Waals surface area (Å²) in [6.07, 6.45) is 1.05. The van der Waals surface area contributed by atoms with Crippen LogP contribution in [0, 0.1) is 0 Å². The maximum absolute atomic E-state index is 12.7. The number of hydrogen-bond acceptors (Lipinski definition) is 6. The molecular formula is C11H15BrN2O4S3. The van der Waals surface area contributed by atoms with Crippen LogP contribution in [0.3, 0.4) is 0 Å². The normalized spacial score (nSPS) is 21.3. The molecule has 0 aliphatic carbocycles. The third-order valence-electron chi connectivity index (χ3n) is 3.09. The molecule has 0 spiro atoms. The summed E-state index contributed by atoms with van der Waals surface area (Å²) < 4.78 is 50.9. The number of hydrogen-bond donors (Lipinski definition) is 1. The summed E-state index contributed by atoms with van der Waals surface area (Å²) in [7, 11) is -7.46. The van der Waals surface area contributed by atoms with E-state index in [1.807, 2.05) is 0 Å². The van der Waals surface area contributed by atoms with E-state index < -0.39 is 25.2 Å². The number of nitrogens with two attached hydrogens (primary N) is 1. The molecule has 0 saturated carbocycles. The predicted octanol–water partition coefficient (Wildman–Crippen LogP) is 1.14. The van der Waals surface area contributed by atoms with Crippen LogP contribution in [0.1, 0.15) is 0 Å². The van der Waals surface area contributed by atoms with E-state index in [0.29, 0.717) is 10.2 Å². The van der Waals surface area contributed by atoms with Gasteiger partial charge in [0.25, 0.3) is 0 Å². The lowest BCUT2D eigenvalue weighted by Gasteiger charge is -2.33. The second kappa shape index (κ2) is 6.07. The molecule has 2 rings (SSSR count). The van der Waals surface area contributed by atoms with E-state index in [-0.39, 0.29) is 22.9 Å². The van der Waals surface area contributed by atoms with E-state index in [0.717, 1.165) is 10.6 Å². The number of thioether (sulfide) groups is 1. The van der Waals surface area contributed by atoms with Gasteiger partial charge in [0.15, 0.2) is 9.84 Å². The zero-order valence-corrected chi connectivity index (χ0v) is 15.2. The fourth-order valence-corrected chi connectivity index (χ4v) is 7.71. The molecule has 6 nitrogen and oxygen atoms in total. The van der Waals surface area contributed by atoms with Gasteiger partial charge in [-0.3, -0.25) is 0 Å². The molecule has 118 valence electrons. The number of halogens is 1. The van der Waals surface area contributed by atoms with Gasteiger partial charge in [-0.1, -0.05) is 15.9 Å². The van der Waals surface area contributed by atoms with Crippen LogP contribution in [0.2, 0.25) is 0 Å². The smallest absolute Gasteiger partial charge is 0.246 e. The van der Waals surface area contributed by atoms with Crippen LogP contribution in [0.5, 0.6) is 0 Å². The number of rotatable bonds is 3. The van der Waals surface area contributed by atoms with Crippen LogP contribution >= 0.6 is 27.7 Å². The van der Waals surface area contributed by atoms with Crippen molar-refractivity contribution in [2.75, 3.05) is 30.0 Å². The second-order valence-corrected chi connectivity index (χ2v) is 10.8. The summed E-state index contributed by atoms with van der Waals surface area (Å²) in [4.78, 5) is -0.0637. The van der Waals surface area contributed by atoms with E-state index >= 15 is 0 Å². The second-order valence-electron chi connectivity index (χ2n) is 4.66. The average molecular weight is 415 g/mol. The zero-order chi connectivity index (χ0) is 15.8. The van der Waals surface area contributed by atoms with Crippen molar-refractivity contribution in [3.63, 3.8) is 0 Å². The van der Waals surface area contributed by atoms with E-state index in [9.17, 15) is 16.8 Å². The minimum absolute atomic E-state index is 0.0637. The molecule has 0 amide bonds. The summed E-state index contributed by atoms with van der Waals surface area (Å²) in [5.41, 5.74) is 5.87. The Morgan fingerprint density at radius 2 is 2.00 bits per heavy atom. The van der Waals surface area contributed by atoms with Gasteiger partial charge in [-0.15, -0.1) is 0 Å². The van der Waals surface area contributed by atoms with Gasteiger partial charge in [-0.25, -0.2) is 16.8 Å².